The highest BCUT2D eigenvalue weighted by atomic mass is 19.4. The van der Waals surface area contributed by atoms with E-state index in [-0.39, 0.29) is 6.61 Å². The number of esters is 1. The number of benzene rings is 4. The van der Waals surface area contributed by atoms with Crippen LogP contribution in [0.2, 0.25) is 0 Å². The molecule has 208 valence electrons. The van der Waals surface area contributed by atoms with Crippen LogP contribution in [0.15, 0.2) is 78.9 Å². The van der Waals surface area contributed by atoms with Gasteiger partial charge in [-0.05, 0) is 115 Å². The van der Waals surface area contributed by atoms with Gasteiger partial charge in [-0.3, -0.25) is 0 Å². The van der Waals surface area contributed by atoms with Crippen LogP contribution in [0.1, 0.15) is 40.2 Å². The standard InChI is InChI=1S/C33H33F3N2O2/c1-38(2)17-18-40-32(39)28-20-27-19-26(23-7-10-29(11-8-23)33(34,35)36)9-12-30(27)31(21-28)25-5-3-22(4-6-25)24-13-15-37-16-14-24/h3-12,19-21,24,37H,13-18H2,1-2H3. The van der Waals surface area contributed by atoms with Gasteiger partial charge in [0.1, 0.15) is 6.61 Å². The molecule has 0 bridgehead atoms. The second-order valence-electron chi connectivity index (χ2n) is 10.6. The van der Waals surface area contributed by atoms with Crippen molar-refractivity contribution in [2.24, 2.45) is 0 Å². The van der Waals surface area contributed by atoms with Crippen LogP contribution in [-0.2, 0) is 10.9 Å². The summed E-state index contributed by atoms with van der Waals surface area (Å²) in [5.41, 5.74) is 4.41. The summed E-state index contributed by atoms with van der Waals surface area (Å²) in [6.45, 7) is 2.94. The Balaban J connectivity index is 1.53. The van der Waals surface area contributed by atoms with Crippen molar-refractivity contribution in [3.8, 4) is 22.3 Å². The lowest BCUT2D eigenvalue weighted by Gasteiger charge is -2.23. The van der Waals surface area contributed by atoms with Crippen LogP contribution in [0.3, 0.4) is 0 Å². The van der Waals surface area contributed by atoms with E-state index < -0.39 is 17.7 Å². The zero-order valence-electron chi connectivity index (χ0n) is 22.7. The zero-order chi connectivity index (χ0) is 28.3. The van der Waals surface area contributed by atoms with E-state index in [0.717, 1.165) is 65.5 Å². The van der Waals surface area contributed by atoms with Crippen LogP contribution in [0.4, 0.5) is 13.2 Å². The lowest BCUT2D eigenvalue weighted by atomic mass is 9.88. The van der Waals surface area contributed by atoms with Crippen molar-refractivity contribution in [1.82, 2.24) is 10.2 Å². The van der Waals surface area contributed by atoms with Gasteiger partial charge in [-0.25, -0.2) is 4.79 Å². The normalized spacial score (nSPS) is 14.6. The zero-order valence-corrected chi connectivity index (χ0v) is 22.7. The Bertz CT molecular complexity index is 1470. The minimum absolute atomic E-state index is 0.274. The average molecular weight is 547 g/mol. The number of ether oxygens (including phenoxy) is 1. The third-order valence-corrected chi connectivity index (χ3v) is 7.54. The molecule has 1 heterocycles. The van der Waals surface area contributed by atoms with E-state index >= 15 is 0 Å². The largest absolute Gasteiger partial charge is 0.461 e. The van der Waals surface area contributed by atoms with Crippen molar-refractivity contribution in [3.63, 3.8) is 0 Å². The number of alkyl halides is 3. The van der Waals surface area contributed by atoms with Crippen molar-refractivity contribution < 1.29 is 22.7 Å². The van der Waals surface area contributed by atoms with Crippen LogP contribution in [0, 0.1) is 0 Å². The summed E-state index contributed by atoms with van der Waals surface area (Å²) in [5, 5.41) is 5.18. The summed E-state index contributed by atoms with van der Waals surface area (Å²) in [5.74, 6) is 0.132. The lowest BCUT2D eigenvalue weighted by Crippen LogP contribution is -2.26. The number of rotatable bonds is 7. The van der Waals surface area contributed by atoms with Crippen molar-refractivity contribution in [2.45, 2.75) is 24.9 Å². The fourth-order valence-electron chi connectivity index (χ4n) is 5.25. The molecule has 0 amide bonds. The number of nitrogens with zero attached hydrogens (tertiary/aromatic N) is 1. The number of hydrogen-bond donors (Lipinski definition) is 1. The van der Waals surface area contributed by atoms with Gasteiger partial charge >= 0.3 is 12.1 Å². The molecule has 7 heteroatoms. The Hall–Kier alpha value is -3.68. The minimum Gasteiger partial charge on any atom is -0.461 e. The molecule has 0 atom stereocenters. The second kappa shape index (κ2) is 11.8. The van der Waals surface area contributed by atoms with Gasteiger partial charge in [0.25, 0.3) is 0 Å². The fraction of sp³-hybridized carbons (Fsp3) is 0.303. The van der Waals surface area contributed by atoms with E-state index in [1.807, 2.05) is 43.3 Å². The smallest absolute Gasteiger partial charge is 0.416 e. The van der Waals surface area contributed by atoms with Crippen LogP contribution in [-0.4, -0.2) is 51.2 Å². The van der Waals surface area contributed by atoms with E-state index in [1.54, 1.807) is 6.07 Å². The van der Waals surface area contributed by atoms with Crippen molar-refractivity contribution in [2.75, 3.05) is 40.3 Å². The number of fused-ring (bicyclic) bond motifs is 1. The van der Waals surface area contributed by atoms with Gasteiger partial charge in [-0.2, -0.15) is 13.2 Å². The van der Waals surface area contributed by atoms with Gasteiger partial charge < -0.3 is 15.0 Å². The molecule has 0 saturated carbocycles. The molecule has 4 nitrogen and oxygen atoms in total. The van der Waals surface area contributed by atoms with Crippen molar-refractivity contribution >= 4 is 16.7 Å². The van der Waals surface area contributed by atoms with Gasteiger partial charge in [0.05, 0.1) is 11.1 Å². The summed E-state index contributed by atoms with van der Waals surface area (Å²) < 4.78 is 44.8. The number of hydrogen-bond acceptors (Lipinski definition) is 4. The van der Waals surface area contributed by atoms with Crippen LogP contribution >= 0.6 is 0 Å². The van der Waals surface area contributed by atoms with Gasteiger partial charge in [0.15, 0.2) is 0 Å². The number of nitrogens with one attached hydrogen (secondary N) is 1. The topological polar surface area (TPSA) is 41.6 Å². The second-order valence-corrected chi connectivity index (χ2v) is 10.6. The first-order chi connectivity index (χ1) is 19.2. The Kier molecular flexibility index (Phi) is 8.24. The fourth-order valence-corrected chi connectivity index (χ4v) is 5.25. The predicted molar refractivity (Wildman–Crippen MR) is 154 cm³/mol. The molecule has 1 N–H and O–H groups in total. The molecule has 1 aliphatic rings. The Morgan fingerprint density at radius 1 is 0.875 bits per heavy atom. The first kappa shape index (κ1) is 27.9. The van der Waals surface area contributed by atoms with E-state index in [4.69, 9.17) is 4.74 Å². The SMILES string of the molecule is CN(C)CCOC(=O)c1cc(-c2ccc(C3CCNCC3)cc2)c2ccc(-c3ccc(C(F)(F)F)cc3)cc2c1. The average Bonchev–Trinajstić information content (AvgIpc) is 2.96. The molecular formula is C33H33F3N2O2. The Morgan fingerprint density at radius 2 is 1.52 bits per heavy atom. The van der Waals surface area contributed by atoms with Crippen molar-refractivity contribution in [1.29, 1.82) is 0 Å². The van der Waals surface area contributed by atoms with Gasteiger partial charge in [0.2, 0.25) is 0 Å². The molecular weight excluding hydrogens is 513 g/mol. The number of halogens is 3. The summed E-state index contributed by atoms with van der Waals surface area (Å²) in [4.78, 5) is 15.0. The van der Waals surface area contributed by atoms with Gasteiger partial charge in [0, 0.05) is 6.54 Å². The molecule has 0 aromatic heterocycles. The third kappa shape index (κ3) is 6.37. The third-order valence-electron chi connectivity index (χ3n) is 7.54. The highest BCUT2D eigenvalue weighted by Crippen LogP contribution is 2.36. The number of likely N-dealkylation sites (N-methyl/N-ethyl adjacent to an activating group) is 1. The molecule has 0 aliphatic carbocycles. The maximum absolute atomic E-state index is 13.1. The molecule has 0 spiro atoms. The Morgan fingerprint density at radius 3 is 2.17 bits per heavy atom. The molecule has 4 aromatic rings. The van der Waals surface area contributed by atoms with E-state index in [9.17, 15) is 18.0 Å². The quantitative estimate of drug-likeness (QED) is 0.246. The lowest BCUT2D eigenvalue weighted by molar-refractivity contribution is -0.137. The number of piperidine rings is 1. The minimum atomic E-state index is -4.39. The summed E-state index contributed by atoms with van der Waals surface area (Å²) in [6, 6.07) is 23.2. The summed E-state index contributed by atoms with van der Waals surface area (Å²) >= 11 is 0. The highest BCUT2D eigenvalue weighted by Gasteiger charge is 2.30. The van der Waals surface area contributed by atoms with E-state index in [2.05, 4.69) is 29.6 Å². The molecule has 0 unspecified atom stereocenters. The van der Waals surface area contributed by atoms with Crippen molar-refractivity contribution in [3.05, 3.63) is 95.6 Å². The summed E-state index contributed by atoms with van der Waals surface area (Å²) in [7, 11) is 3.83. The first-order valence-corrected chi connectivity index (χ1v) is 13.6. The van der Waals surface area contributed by atoms with E-state index in [0.29, 0.717) is 23.6 Å². The van der Waals surface area contributed by atoms with Crippen LogP contribution in [0.5, 0.6) is 0 Å². The first-order valence-electron chi connectivity index (χ1n) is 13.6. The molecule has 1 fully saturated rings. The van der Waals surface area contributed by atoms with E-state index in [1.165, 1.54) is 17.7 Å². The number of carbonyl (C=O) groups is 1. The Labute approximate surface area is 232 Å². The molecule has 1 aliphatic heterocycles. The maximum atomic E-state index is 13.1. The predicted octanol–water partition coefficient (Wildman–Crippen LogP) is 7.38. The molecule has 1 saturated heterocycles. The van der Waals surface area contributed by atoms with Crippen LogP contribution < -0.4 is 5.32 Å². The maximum Gasteiger partial charge on any atom is 0.416 e. The molecule has 40 heavy (non-hydrogen) atoms. The van der Waals surface area contributed by atoms with Crippen LogP contribution in [0.25, 0.3) is 33.0 Å². The molecule has 0 radical (unpaired) electrons. The molecule has 4 aromatic carbocycles. The molecule has 5 rings (SSSR count). The summed E-state index contributed by atoms with van der Waals surface area (Å²) in [6.07, 6.45) is -2.16. The highest BCUT2D eigenvalue weighted by molar-refractivity contribution is 6.04. The number of carbonyl (C=O) groups excluding carboxylic acids is 1. The van der Waals surface area contributed by atoms with Gasteiger partial charge in [-0.1, -0.05) is 48.5 Å². The van der Waals surface area contributed by atoms with Gasteiger partial charge in [-0.15, -0.1) is 0 Å². The monoisotopic (exact) mass is 546 g/mol.